The molecule has 0 bridgehead atoms. The standard InChI is InChI=1S/C21H31N5/c1-24(2)11-5-12-25-14-19(23-16-25)15-26-13-4-7-18-9-8-17-6-3-10-22-20(17)21(18)26/h3,6,10,14,16,18,21H,4-5,7-9,11-13,15H2,1-2H3. The van der Waals surface area contributed by atoms with Gasteiger partial charge >= 0.3 is 0 Å². The molecule has 1 saturated heterocycles. The van der Waals surface area contributed by atoms with E-state index in [2.05, 4.69) is 51.8 Å². The summed E-state index contributed by atoms with van der Waals surface area (Å²) in [7, 11) is 4.25. The van der Waals surface area contributed by atoms with Crippen molar-refractivity contribution in [1.82, 2.24) is 24.3 Å². The fourth-order valence-electron chi connectivity index (χ4n) is 4.68. The quantitative estimate of drug-likeness (QED) is 0.800. The molecule has 2 aliphatic rings. The van der Waals surface area contributed by atoms with Gasteiger partial charge in [-0.3, -0.25) is 9.88 Å². The van der Waals surface area contributed by atoms with Gasteiger partial charge in [-0.1, -0.05) is 6.07 Å². The molecule has 0 radical (unpaired) electrons. The average Bonchev–Trinajstić information content (AvgIpc) is 3.08. The van der Waals surface area contributed by atoms with Crippen molar-refractivity contribution in [2.24, 2.45) is 5.92 Å². The minimum Gasteiger partial charge on any atom is -0.337 e. The molecule has 1 aliphatic heterocycles. The Kier molecular flexibility index (Phi) is 5.36. The van der Waals surface area contributed by atoms with Gasteiger partial charge in [-0.25, -0.2) is 4.98 Å². The molecule has 26 heavy (non-hydrogen) atoms. The lowest BCUT2D eigenvalue weighted by Crippen LogP contribution is -2.41. The lowest BCUT2D eigenvalue weighted by atomic mass is 9.77. The van der Waals surface area contributed by atoms with Crippen LogP contribution in [0.1, 0.15) is 48.7 Å². The molecular formula is C21H31N5. The zero-order chi connectivity index (χ0) is 17.9. The molecule has 2 aromatic rings. The third-order valence-corrected chi connectivity index (χ3v) is 5.92. The number of aryl methyl sites for hydroxylation is 2. The Hall–Kier alpha value is -1.72. The molecule has 0 N–H and O–H groups in total. The number of imidazole rings is 1. The molecular weight excluding hydrogens is 322 g/mol. The van der Waals surface area contributed by atoms with Gasteiger partial charge in [0.2, 0.25) is 0 Å². The highest BCUT2D eigenvalue weighted by atomic mass is 15.2. The highest BCUT2D eigenvalue weighted by molar-refractivity contribution is 5.27. The van der Waals surface area contributed by atoms with Gasteiger partial charge in [0.05, 0.1) is 23.8 Å². The zero-order valence-electron chi connectivity index (χ0n) is 16.1. The molecule has 0 amide bonds. The summed E-state index contributed by atoms with van der Waals surface area (Å²) >= 11 is 0. The van der Waals surface area contributed by atoms with Crippen LogP contribution in [0.25, 0.3) is 0 Å². The number of nitrogens with zero attached hydrogens (tertiary/aromatic N) is 5. The number of pyridine rings is 1. The SMILES string of the molecule is CN(C)CCCn1cnc(CN2CCCC3CCc4cccnc4C32)c1. The van der Waals surface area contributed by atoms with E-state index in [0.717, 1.165) is 38.5 Å². The van der Waals surface area contributed by atoms with E-state index in [-0.39, 0.29) is 0 Å². The predicted molar refractivity (Wildman–Crippen MR) is 104 cm³/mol. The summed E-state index contributed by atoms with van der Waals surface area (Å²) in [5.41, 5.74) is 3.97. The Bertz CT molecular complexity index is 723. The van der Waals surface area contributed by atoms with Crippen LogP contribution in [-0.2, 0) is 19.5 Å². The minimum absolute atomic E-state index is 0.479. The topological polar surface area (TPSA) is 37.2 Å². The Labute approximate surface area is 157 Å². The first-order valence-electron chi connectivity index (χ1n) is 10.0. The van der Waals surface area contributed by atoms with Gasteiger partial charge in [-0.2, -0.15) is 0 Å². The molecule has 0 aromatic carbocycles. The van der Waals surface area contributed by atoms with E-state index in [1.54, 1.807) is 0 Å². The van der Waals surface area contributed by atoms with Crippen LogP contribution in [0.15, 0.2) is 30.9 Å². The minimum atomic E-state index is 0.479. The maximum Gasteiger partial charge on any atom is 0.0949 e. The summed E-state index contributed by atoms with van der Waals surface area (Å²) in [6.07, 6.45) is 12.5. The van der Waals surface area contributed by atoms with Gasteiger partial charge in [0.25, 0.3) is 0 Å². The van der Waals surface area contributed by atoms with Gasteiger partial charge in [0.1, 0.15) is 0 Å². The first-order valence-corrected chi connectivity index (χ1v) is 10.0. The summed E-state index contributed by atoms with van der Waals surface area (Å²) in [6, 6.07) is 4.83. The molecule has 0 spiro atoms. The Morgan fingerprint density at radius 1 is 1.23 bits per heavy atom. The summed E-state index contributed by atoms with van der Waals surface area (Å²) < 4.78 is 2.24. The van der Waals surface area contributed by atoms with Crippen LogP contribution in [0.3, 0.4) is 0 Å². The number of fused-ring (bicyclic) bond motifs is 3. The van der Waals surface area contributed by atoms with Crippen molar-refractivity contribution >= 4 is 0 Å². The molecule has 5 heteroatoms. The second-order valence-corrected chi connectivity index (χ2v) is 8.16. The van der Waals surface area contributed by atoms with Gasteiger partial charge in [0, 0.05) is 25.5 Å². The third-order valence-electron chi connectivity index (χ3n) is 5.92. The normalized spacial score (nSPS) is 23.0. The van der Waals surface area contributed by atoms with E-state index in [1.807, 2.05) is 12.5 Å². The summed E-state index contributed by atoms with van der Waals surface area (Å²) in [5, 5.41) is 0. The number of rotatable bonds is 6. The van der Waals surface area contributed by atoms with Crippen molar-refractivity contribution in [3.05, 3.63) is 47.8 Å². The van der Waals surface area contributed by atoms with Gasteiger partial charge in [0.15, 0.2) is 0 Å². The van der Waals surface area contributed by atoms with E-state index in [0.29, 0.717) is 6.04 Å². The number of likely N-dealkylation sites (tertiary alicyclic amines) is 1. The van der Waals surface area contributed by atoms with Gasteiger partial charge in [-0.05, 0) is 76.8 Å². The Morgan fingerprint density at radius 3 is 3.04 bits per heavy atom. The van der Waals surface area contributed by atoms with Crippen LogP contribution < -0.4 is 0 Å². The smallest absolute Gasteiger partial charge is 0.0949 e. The molecule has 2 atom stereocenters. The molecule has 140 valence electrons. The first kappa shape index (κ1) is 17.7. The lowest BCUT2D eigenvalue weighted by Gasteiger charge is -2.44. The predicted octanol–water partition coefficient (Wildman–Crippen LogP) is 3.13. The van der Waals surface area contributed by atoms with Gasteiger partial charge in [-0.15, -0.1) is 0 Å². The highest BCUT2D eigenvalue weighted by Crippen LogP contribution is 2.43. The molecule has 5 nitrogen and oxygen atoms in total. The van der Waals surface area contributed by atoms with Crippen molar-refractivity contribution in [2.45, 2.75) is 51.2 Å². The highest BCUT2D eigenvalue weighted by Gasteiger charge is 2.37. The van der Waals surface area contributed by atoms with Crippen molar-refractivity contribution in [3.8, 4) is 0 Å². The summed E-state index contributed by atoms with van der Waals surface area (Å²) in [4.78, 5) is 14.3. The van der Waals surface area contributed by atoms with Crippen molar-refractivity contribution < 1.29 is 0 Å². The molecule has 1 aliphatic carbocycles. The first-order chi connectivity index (χ1) is 12.7. The Balaban J connectivity index is 1.45. The van der Waals surface area contributed by atoms with Crippen molar-refractivity contribution in [3.63, 3.8) is 0 Å². The largest absolute Gasteiger partial charge is 0.337 e. The van der Waals surface area contributed by atoms with Crippen LogP contribution in [0.2, 0.25) is 0 Å². The maximum atomic E-state index is 4.79. The maximum absolute atomic E-state index is 4.79. The fourth-order valence-corrected chi connectivity index (χ4v) is 4.68. The Morgan fingerprint density at radius 2 is 2.15 bits per heavy atom. The zero-order valence-corrected chi connectivity index (χ0v) is 16.1. The lowest BCUT2D eigenvalue weighted by molar-refractivity contribution is 0.0686. The van der Waals surface area contributed by atoms with Crippen LogP contribution in [0.4, 0.5) is 0 Å². The monoisotopic (exact) mass is 353 g/mol. The van der Waals surface area contributed by atoms with E-state index in [9.17, 15) is 0 Å². The van der Waals surface area contributed by atoms with Crippen molar-refractivity contribution in [1.29, 1.82) is 0 Å². The van der Waals surface area contributed by atoms with Crippen LogP contribution >= 0.6 is 0 Å². The van der Waals surface area contributed by atoms with Crippen molar-refractivity contribution in [2.75, 3.05) is 27.2 Å². The number of hydrogen-bond acceptors (Lipinski definition) is 4. The van der Waals surface area contributed by atoms with E-state index < -0.39 is 0 Å². The number of piperidine rings is 1. The van der Waals surface area contributed by atoms with Crippen LogP contribution in [0, 0.1) is 5.92 Å². The molecule has 0 saturated carbocycles. The third kappa shape index (κ3) is 3.84. The molecule has 3 heterocycles. The molecule has 2 unspecified atom stereocenters. The van der Waals surface area contributed by atoms with E-state index >= 15 is 0 Å². The van der Waals surface area contributed by atoms with Crippen LogP contribution in [0.5, 0.6) is 0 Å². The average molecular weight is 354 g/mol. The second kappa shape index (κ2) is 7.89. The van der Waals surface area contributed by atoms with Crippen LogP contribution in [-0.4, -0.2) is 51.5 Å². The number of aromatic nitrogens is 3. The molecule has 2 aromatic heterocycles. The molecule has 4 rings (SSSR count). The van der Waals surface area contributed by atoms with E-state index in [1.165, 1.54) is 42.6 Å². The van der Waals surface area contributed by atoms with Gasteiger partial charge < -0.3 is 9.47 Å². The van der Waals surface area contributed by atoms with E-state index in [4.69, 9.17) is 4.98 Å². The second-order valence-electron chi connectivity index (χ2n) is 8.16. The number of hydrogen-bond donors (Lipinski definition) is 0. The molecule has 1 fully saturated rings. The summed E-state index contributed by atoms with van der Waals surface area (Å²) in [5.74, 6) is 0.758. The summed E-state index contributed by atoms with van der Waals surface area (Å²) in [6.45, 7) is 4.26. The fraction of sp³-hybridized carbons (Fsp3) is 0.619.